The zero-order valence-electron chi connectivity index (χ0n) is 20.0. The summed E-state index contributed by atoms with van der Waals surface area (Å²) in [6.45, 7) is 5.98. The maximum atomic E-state index is 13.4. The van der Waals surface area contributed by atoms with Crippen LogP contribution in [0, 0.1) is 0 Å². The lowest BCUT2D eigenvalue weighted by Crippen LogP contribution is -2.58. The highest BCUT2D eigenvalue weighted by Gasteiger charge is 2.49. The molecule has 1 saturated heterocycles. The molecule has 2 aromatic carbocycles. The summed E-state index contributed by atoms with van der Waals surface area (Å²) in [6, 6.07) is 15.3. The van der Waals surface area contributed by atoms with Crippen LogP contribution in [0.2, 0.25) is 0 Å². The molecular weight excluding hydrogens is 444 g/mol. The smallest absolute Gasteiger partial charge is 0.407 e. The molecule has 2 aromatic rings. The van der Waals surface area contributed by atoms with Crippen LogP contribution < -0.4 is 5.32 Å². The SMILES string of the molecule is C=CCCC(NC(=O)OCC1c2ccccc2-c2ccccc21)C(=O)N1CCCC1(CC)C(=O)O. The summed E-state index contributed by atoms with van der Waals surface area (Å²) >= 11 is 0. The van der Waals surface area contributed by atoms with E-state index in [4.69, 9.17) is 4.74 Å². The molecule has 2 unspecified atom stereocenters. The van der Waals surface area contributed by atoms with Crippen molar-refractivity contribution < 1.29 is 24.2 Å². The van der Waals surface area contributed by atoms with Gasteiger partial charge in [0.05, 0.1) is 0 Å². The zero-order chi connectivity index (χ0) is 25.0. The van der Waals surface area contributed by atoms with Crippen molar-refractivity contribution >= 4 is 18.0 Å². The van der Waals surface area contributed by atoms with E-state index in [2.05, 4.69) is 24.0 Å². The van der Waals surface area contributed by atoms with E-state index in [1.807, 2.05) is 36.4 Å². The van der Waals surface area contributed by atoms with Crippen LogP contribution in [-0.4, -0.2) is 52.7 Å². The van der Waals surface area contributed by atoms with Gasteiger partial charge in [-0.25, -0.2) is 9.59 Å². The summed E-state index contributed by atoms with van der Waals surface area (Å²) in [6.07, 6.45) is 3.14. The molecule has 0 aromatic heterocycles. The topological polar surface area (TPSA) is 95.9 Å². The Balaban J connectivity index is 1.47. The molecule has 184 valence electrons. The normalized spacial score (nSPS) is 19.5. The van der Waals surface area contributed by atoms with E-state index in [-0.39, 0.29) is 18.4 Å². The van der Waals surface area contributed by atoms with Gasteiger partial charge < -0.3 is 20.1 Å². The Morgan fingerprint density at radius 1 is 1.17 bits per heavy atom. The minimum absolute atomic E-state index is 0.0891. The van der Waals surface area contributed by atoms with Crippen molar-refractivity contribution in [2.75, 3.05) is 13.2 Å². The monoisotopic (exact) mass is 476 g/mol. The second-order valence-corrected chi connectivity index (χ2v) is 9.17. The fourth-order valence-electron chi connectivity index (χ4n) is 5.45. The van der Waals surface area contributed by atoms with Gasteiger partial charge in [-0.2, -0.15) is 0 Å². The van der Waals surface area contributed by atoms with Crippen LogP contribution in [0.15, 0.2) is 61.2 Å². The molecule has 7 heteroatoms. The number of carbonyl (C=O) groups excluding carboxylic acids is 2. The number of fused-ring (bicyclic) bond motifs is 3. The summed E-state index contributed by atoms with van der Waals surface area (Å²) in [5.74, 6) is -1.48. The number of benzene rings is 2. The predicted octanol–water partition coefficient (Wildman–Crippen LogP) is 4.72. The van der Waals surface area contributed by atoms with Gasteiger partial charge in [0.1, 0.15) is 18.2 Å². The number of carboxylic acid groups (broad SMARTS) is 1. The Labute approximate surface area is 205 Å². The number of hydrogen-bond acceptors (Lipinski definition) is 4. The molecule has 2 atom stereocenters. The van der Waals surface area contributed by atoms with E-state index >= 15 is 0 Å². The number of alkyl carbamates (subject to hydrolysis) is 1. The van der Waals surface area contributed by atoms with Crippen LogP contribution in [0.1, 0.15) is 56.1 Å². The van der Waals surface area contributed by atoms with Crippen molar-refractivity contribution in [2.24, 2.45) is 0 Å². The van der Waals surface area contributed by atoms with E-state index < -0.39 is 23.6 Å². The number of carbonyl (C=O) groups is 3. The highest BCUT2D eigenvalue weighted by atomic mass is 16.5. The van der Waals surface area contributed by atoms with E-state index in [0.717, 1.165) is 22.3 Å². The average molecular weight is 477 g/mol. The molecule has 1 fully saturated rings. The predicted molar refractivity (Wildman–Crippen MR) is 133 cm³/mol. The maximum Gasteiger partial charge on any atom is 0.407 e. The molecule has 7 nitrogen and oxygen atoms in total. The number of nitrogens with zero attached hydrogens (tertiary/aromatic N) is 1. The second kappa shape index (κ2) is 10.3. The molecule has 35 heavy (non-hydrogen) atoms. The zero-order valence-corrected chi connectivity index (χ0v) is 20.0. The first-order valence-corrected chi connectivity index (χ1v) is 12.2. The van der Waals surface area contributed by atoms with Gasteiger partial charge in [-0.15, -0.1) is 6.58 Å². The van der Waals surface area contributed by atoms with Gasteiger partial charge in [-0.1, -0.05) is 61.5 Å². The Morgan fingerprint density at radius 3 is 2.37 bits per heavy atom. The molecule has 1 heterocycles. The second-order valence-electron chi connectivity index (χ2n) is 9.17. The van der Waals surface area contributed by atoms with Gasteiger partial charge in [-0.05, 0) is 54.4 Å². The minimum atomic E-state index is -1.23. The minimum Gasteiger partial charge on any atom is -0.479 e. The van der Waals surface area contributed by atoms with E-state index in [1.54, 1.807) is 13.0 Å². The molecule has 2 N–H and O–H groups in total. The number of rotatable bonds is 9. The highest BCUT2D eigenvalue weighted by molar-refractivity contribution is 5.92. The van der Waals surface area contributed by atoms with Crippen molar-refractivity contribution in [3.05, 3.63) is 72.3 Å². The first-order chi connectivity index (χ1) is 16.9. The van der Waals surface area contributed by atoms with Gasteiger partial charge >= 0.3 is 12.1 Å². The maximum absolute atomic E-state index is 13.4. The first kappa shape index (κ1) is 24.5. The number of ether oxygens (including phenoxy) is 1. The molecule has 2 aliphatic rings. The van der Waals surface area contributed by atoms with Gasteiger partial charge in [0, 0.05) is 12.5 Å². The number of allylic oxidation sites excluding steroid dienone is 1. The number of hydrogen-bond donors (Lipinski definition) is 2. The summed E-state index contributed by atoms with van der Waals surface area (Å²) in [5, 5.41) is 12.6. The lowest BCUT2D eigenvalue weighted by Gasteiger charge is -2.36. The van der Waals surface area contributed by atoms with E-state index in [1.165, 1.54) is 4.90 Å². The summed E-state index contributed by atoms with van der Waals surface area (Å²) < 4.78 is 5.63. The highest BCUT2D eigenvalue weighted by Crippen LogP contribution is 2.44. The van der Waals surface area contributed by atoms with Crippen LogP contribution >= 0.6 is 0 Å². The third kappa shape index (κ3) is 4.55. The Bertz CT molecular complexity index is 1080. The Kier molecular flexibility index (Phi) is 7.24. The third-order valence-electron chi connectivity index (χ3n) is 7.33. The summed E-state index contributed by atoms with van der Waals surface area (Å²) in [7, 11) is 0. The quantitative estimate of drug-likeness (QED) is 0.511. The standard InChI is InChI=1S/C28H32N2O5/c1-3-5-15-24(25(31)30-17-10-16-28(30,4-2)26(32)33)29-27(34)35-18-23-21-13-8-6-11-19(21)20-12-7-9-14-22(20)23/h3,6-9,11-14,23-24H,1,4-5,10,15-18H2,2H3,(H,29,34)(H,32,33). The van der Waals surface area contributed by atoms with Crippen LogP contribution in [0.4, 0.5) is 4.79 Å². The fraction of sp³-hybridized carbons (Fsp3) is 0.393. The van der Waals surface area contributed by atoms with Crippen molar-refractivity contribution in [1.29, 1.82) is 0 Å². The van der Waals surface area contributed by atoms with E-state index in [0.29, 0.717) is 38.6 Å². The molecule has 4 rings (SSSR count). The molecule has 0 spiro atoms. The first-order valence-electron chi connectivity index (χ1n) is 12.2. The molecule has 0 radical (unpaired) electrons. The largest absolute Gasteiger partial charge is 0.479 e. The fourth-order valence-corrected chi connectivity index (χ4v) is 5.45. The van der Waals surface area contributed by atoms with Crippen molar-refractivity contribution in [3.63, 3.8) is 0 Å². The van der Waals surface area contributed by atoms with Crippen molar-refractivity contribution in [1.82, 2.24) is 10.2 Å². The van der Waals surface area contributed by atoms with Crippen molar-refractivity contribution in [3.8, 4) is 11.1 Å². The third-order valence-corrected chi connectivity index (χ3v) is 7.33. The molecular formula is C28H32N2O5. The van der Waals surface area contributed by atoms with Crippen LogP contribution in [0.5, 0.6) is 0 Å². The number of amides is 2. The van der Waals surface area contributed by atoms with Gasteiger partial charge in [-0.3, -0.25) is 4.79 Å². The Morgan fingerprint density at radius 2 is 1.80 bits per heavy atom. The Hall–Kier alpha value is -3.61. The van der Waals surface area contributed by atoms with Gasteiger partial charge in [0.15, 0.2) is 0 Å². The summed E-state index contributed by atoms with van der Waals surface area (Å²) in [5.41, 5.74) is 3.25. The number of carboxylic acids is 1. The lowest BCUT2D eigenvalue weighted by atomic mass is 9.92. The lowest BCUT2D eigenvalue weighted by molar-refractivity contribution is -0.157. The average Bonchev–Trinajstić information content (AvgIpc) is 3.45. The van der Waals surface area contributed by atoms with Crippen molar-refractivity contribution in [2.45, 2.75) is 56.5 Å². The number of aliphatic carboxylic acids is 1. The van der Waals surface area contributed by atoms with Crippen LogP contribution in [-0.2, 0) is 14.3 Å². The molecule has 2 amide bonds. The van der Waals surface area contributed by atoms with Gasteiger partial charge in [0.25, 0.3) is 0 Å². The van der Waals surface area contributed by atoms with Crippen LogP contribution in [0.25, 0.3) is 11.1 Å². The van der Waals surface area contributed by atoms with Gasteiger partial charge in [0.2, 0.25) is 5.91 Å². The van der Waals surface area contributed by atoms with E-state index in [9.17, 15) is 19.5 Å². The number of nitrogens with one attached hydrogen (secondary N) is 1. The van der Waals surface area contributed by atoms with Crippen LogP contribution in [0.3, 0.4) is 0 Å². The molecule has 0 saturated carbocycles. The molecule has 1 aliphatic carbocycles. The number of likely N-dealkylation sites (tertiary alicyclic amines) is 1. The molecule has 1 aliphatic heterocycles. The summed E-state index contributed by atoms with van der Waals surface area (Å²) in [4.78, 5) is 39.7. The molecule has 0 bridgehead atoms.